The zero-order valence-corrected chi connectivity index (χ0v) is 42.8. The molecule has 2 aromatic heterocycles. The number of ether oxygens (including phenoxy) is 2. The molecule has 1 spiro atoms. The molecule has 2 saturated carbocycles. The standard InChI is InChI=1S/C55H67FN8O8S/c1-34(2)38-8-4-5-9-39(38)40-10-6-7-11-45(40)62-32-55(33-62)21-23-61(24-22-55)36-12-14-41(47(26-36)63-46-18-25-71-31-50(46)72-53-49(63)28-42-43(56)30-58-51(42)59-53)52(65)60-73(69,70)37-13-15-44(48(27-37)64(67)68)57-29-35-16-19-54(3,66)20-17-35/h4-5,8-9,12-15,26-28,30,34-35,40,45-46,50,57,66H,6-7,10-11,16-25,29,31-33H2,1-3H3,(H,58,59)(H,60,65)/t35?,40-,45+,46-,50-,54?/m0/s1. The van der Waals surface area contributed by atoms with Gasteiger partial charge in [0.1, 0.15) is 28.9 Å². The summed E-state index contributed by atoms with van der Waals surface area (Å²) in [6.45, 7) is 11.2. The smallest absolute Gasteiger partial charge is 0.293 e. The summed E-state index contributed by atoms with van der Waals surface area (Å²) in [5.41, 5.74) is 4.17. The van der Waals surface area contributed by atoms with Gasteiger partial charge in [-0.15, -0.1) is 0 Å². The Morgan fingerprint density at radius 3 is 2.51 bits per heavy atom. The van der Waals surface area contributed by atoms with Crippen molar-refractivity contribution in [1.29, 1.82) is 0 Å². The first kappa shape index (κ1) is 49.4. The minimum absolute atomic E-state index is 0.0310. The number of nitrogens with one attached hydrogen (secondary N) is 3. The van der Waals surface area contributed by atoms with Crippen molar-refractivity contribution in [3.63, 3.8) is 0 Å². The van der Waals surface area contributed by atoms with Crippen molar-refractivity contribution in [3.8, 4) is 5.88 Å². The number of nitro groups is 1. The molecular formula is C55H67FN8O8S. The van der Waals surface area contributed by atoms with Gasteiger partial charge in [0.25, 0.3) is 21.6 Å². The van der Waals surface area contributed by atoms with E-state index in [4.69, 9.17) is 9.47 Å². The van der Waals surface area contributed by atoms with Crippen LogP contribution in [0.4, 0.5) is 32.8 Å². The Kier molecular flexibility index (Phi) is 13.2. The van der Waals surface area contributed by atoms with Gasteiger partial charge in [-0.25, -0.2) is 17.5 Å². The lowest BCUT2D eigenvalue weighted by Crippen LogP contribution is -2.64. The van der Waals surface area contributed by atoms with Crippen molar-refractivity contribution in [1.82, 2.24) is 19.6 Å². The molecule has 3 saturated heterocycles. The van der Waals surface area contributed by atoms with Gasteiger partial charge < -0.3 is 34.7 Å². The molecule has 6 heterocycles. The lowest BCUT2D eigenvalue weighted by atomic mass is 9.68. The van der Waals surface area contributed by atoms with Crippen molar-refractivity contribution in [3.05, 3.63) is 106 Å². The van der Waals surface area contributed by atoms with Crippen LogP contribution in [0.25, 0.3) is 11.0 Å². The van der Waals surface area contributed by atoms with E-state index >= 15 is 4.39 Å². The number of nitro benzene ring substituents is 1. The van der Waals surface area contributed by atoms with Gasteiger partial charge in [0.15, 0.2) is 0 Å². The maximum atomic E-state index is 15.3. The quantitative estimate of drug-likeness (QED) is 0.0682. The number of carbonyl (C=O) groups is 1. The van der Waals surface area contributed by atoms with E-state index in [1.165, 1.54) is 55.1 Å². The van der Waals surface area contributed by atoms with E-state index in [0.29, 0.717) is 67.3 Å². The number of pyridine rings is 1. The van der Waals surface area contributed by atoms with E-state index in [0.717, 1.165) is 63.6 Å². The van der Waals surface area contributed by atoms with Crippen molar-refractivity contribution in [2.75, 3.05) is 61.1 Å². The first-order valence-electron chi connectivity index (χ1n) is 26.3. The fraction of sp³-hybridized carbons (Fsp3) is 0.527. The van der Waals surface area contributed by atoms with Crippen LogP contribution in [-0.2, 0) is 14.8 Å². The van der Waals surface area contributed by atoms with Crippen molar-refractivity contribution in [2.24, 2.45) is 11.3 Å². The van der Waals surface area contributed by atoms with Crippen LogP contribution in [0.3, 0.4) is 0 Å². The fourth-order valence-corrected chi connectivity index (χ4v) is 13.9. The second-order valence-corrected chi connectivity index (χ2v) is 24.0. The van der Waals surface area contributed by atoms with Gasteiger partial charge in [-0.1, -0.05) is 51.0 Å². The molecule has 5 aromatic rings. The lowest BCUT2D eigenvalue weighted by molar-refractivity contribution is -0.384. The zero-order valence-electron chi connectivity index (χ0n) is 41.9. The molecule has 16 nitrogen and oxygen atoms in total. The number of halogens is 1. The number of piperidine rings is 1. The molecule has 4 atom stereocenters. The molecule has 73 heavy (non-hydrogen) atoms. The number of anilines is 4. The molecule has 6 aliphatic rings. The highest BCUT2D eigenvalue weighted by molar-refractivity contribution is 7.90. The van der Waals surface area contributed by atoms with Crippen LogP contribution in [-0.4, -0.2) is 109 Å². The summed E-state index contributed by atoms with van der Waals surface area (Å²) in [5.74, 6) is -0.0446. The predicted molar refractivity (Wildman–Crippen MR) is 278 cm³/mol. The number of amides is 1. The molecule has 18 heteroatoms. The van der Waals surface area contributed by atoms with Crippen molar-refractivity contribution >= 4 is 55.4 Å². The van der Waals surface area contributed by atoms with E-state index in [9.17, 15) is 28.4 Å². The normalized spacial score (nSPS) is 26.2. The number of hydrogen-bond donors (Lipinski definition) is 4. The summed E-state index contributed by atoms with van der Waals surface area (Å²) in [6, 6.07) is 19.8. The Hall–Kier alpha value is -5.82. The molecule has 11 rings (SSSR count). The molecule has 2 aliphatic carbocycles. The summed E-state index contributed by atoms with van der Waals surface area (Å²) in [5, 5.41) is 26.1. The third-order valence-electron chi connectivity index (χ3n) is 17.1. The number of aromatic amines is 1. The van der Waals surface area contributed by atoms with Crippen LogP contribution < -0.4 is 24.6 Å². The number of benzene rings is 3. The van der Waals surface area contributed by atoms with E-state index in [1.807, 2.05) is 24.0 Å². The number of nitrogens with zero attached hydrogens (tertiary/aromatic N) is 5. The van der Waals surface area contributed by atoms with E-state index < -0.39 is 55.0 Å². The molecule has 3 aromatic carbocycles. The second kappa shape index (κ2) is 19.5. The van der Waals surface area contributed by atoms with Crippen LogP contribution in [0, 0.1) is 27.3 Å². The highest BCUT2D eigenvalue weighted by atomic mass is 32.2. The maximum absolute atomic E-state index is 15.3. The van der Waals surface area contributed by atoms with Gasteiger partial charge in [0, 0.05) is 63.3 Å². The molecule has 1 amide bonds. The minimum atomic E-state index is -4.67. The molecule has 0 bridgehead atoms. The number of likely N-dealkylation sites (tertiary alicyclic amines) is 1. The number of hydrogen-bond acceptors (Lipinski definition) is 13. The SMILES string of the molecule is CC(C)c1ccccc1[C@@H]1CCCC[C@H]1N1CC2(CCN(c3ccc(C(=O)NS(=O)(=O)c4ccc(NCC5CCC(C)(O)CC5)c([N+](=O)[O-])c4)c(N4c5cc6c(F)c[nH]c6nc5O[C@H]5COCC[C@@H]54)c3)CC2)C1. The number of sulfonamides is 1. The maximum Gasteiger partial charge on any atom is 0.293 e. The van der Waals surface area contributed by atoms with Crippen LogP contribution in [0.15, 0.2) is 77.8 Å². The fourth-order valence-electron chi connectivity index (χ4n) is 13.0. The zero-order chi connectivity index (χ0) is 50.8. The average Bonchev–Trinajstić information content (AvgIpc) is 3.74. The van der Waals surface area contributed by atoms with E-state index in [-0.39, 0.29) is 40.5 Å². The minimum Gasteiger partial charge on any atom is -0.468 e. The number of rotatable bonds is 12. The Bertz CT molecular complexity index is 3010. The highest BCUT2D eigenvalue weighted by Gasteiger charge is 2.49. The summed E-state index contributed by atoms with van der Waals surface area (Å²) in [7, 11) is -4.67. The second-order valence-electron chi connectivity index (χ2n) is 22.3. The van der Waals surface area contributed by atoms with Crippen LogP contribution in [0.5, 0.6) is 5.88 Å². The molecule has 0 unspecified atom stereocenters. The Balaban J connectivity index is 0.873. The third-order valence-corrected chi connectivity index (χ3v) is 18.4. The Morgan fingerprint density at radius 1 is 0.973 bits per heavy atom. The summed E-state index contributed by atoms with van der Waals surface area (Å²) >= 11 is 0. The van der Waals surface area contributed by atoms with Crippen LogP contribution in [0.2, 0.25) is 0 Å². The lowest BCUT2D eigenvalue weighted by Gasteiger charge is -2.58. The van der Waals surface area contributed by atoms with Gasteiger partial charge in [0.05, 0.1) is 44.7 Å². The number of aliphatic hydroxyl groups is 1. The Labute approximate surface area is 426 Å². The number of carbonyl (C=O) groups excluding carboxylic acids is 1. The Morgan fingerprint density at radius 2 is 1.74 bits per heavy atom. The topological polar surface area (TPSA) is 196 Å². The molecule has 0 radical (unpaired) electrons. The van der Waals surface area contributed by atoms with E-state index in [1.54, 1.807) is 12.1 Å². The van der Waals surface area contributed by atoms with Crippen LogP contribution >= 0.6 is 0 Å². The van der Waals surface area contributed by atoms with Crippen LogP contribution in [0.1, 0.15) is 125 Å². The predicted octanol–water partition coefficient (Wildman–Crippen LogP) is 9.52. The first-order valence-corrected chi connectivity index (χ1v) is 27.8. The highest BCUT2D eigenvalue weighted by Crippen LogP contribution is 2.50. The average molecular weight is 1020 g/mol. The molecule has 5 fully saturated rings. The molecule has 4 N–H and O–H groups in total. The summed E-state index contributed by atoms with van der Waals surface area (Å²) in [4.78, 5) is 40.6. The van der Waals surface area contributed by atoms with Gasteiger partial charge in [-0.2, -0.15) is 4.98 Å². The summed E-state index contributed by atoms with van der Waals surface area (Å²) < 4.78 is 58.2. The third kappa shape index (κ3) is 9.64. The number of aromatic nitrogens is 2. The van der Waals surface area contributed by atoms with Gasteiger partial charge in [-0.05, 0) is 135 Å². The molecular weight excluding hydrogens is 952 g/mol. The number of H-pyrrole nitrogens is 1. The van der Waals surface area contributed by atoms with Gasteiger partial charge >= 0.3 is 0 Å². The van der Waals surface area contributed by atoms with Crippen molar-refractivity contribution in [2.45, 2.75) is 132 Å². The first-order chi connectivity index (χ1) is 35.1. The van der Waals surface area contributed by atoms with Crippen molar-refractivity contribution < 1.29 is 37.1 Å². The monoisotopic (exact) mass is 1020 g/mol. The summed E-state index contributed by atoms with van der Waals surface area (Å²) in [6.07, 6.45) is 10.9. The van der Waals surface area contributed by atoms with Gasteiger partial charge in [0.2, 0.25) is 5.88 Å². The van der Waals surface area contributed by atoms with E-state index in [2.05, 4.69) is 67.9 Å². The largest absolute Gasteiger partial charge is 0.468 e. The van der Waals surface area contributed by atoms with Gasteiger partial charge in [-0.3, -0.25) is 19.8 Å². The molecule has 388 valence electrons. The number of fused-ring (bicyclic) bond motifs is 3. The molecule has 4 aliphatic heterocycles.